The number of nitrogens with one attached hydrogen (secondary N) is 3. The van der Waals surface area contributed by atoms with Crippen LogP contribution in [0.2, 0.25) is 0 Å². The van der Waals surface area contributed by atoms with E-state index in [0.717, 1.165) is 0 Å². The van der Waals surface area contributed by atoms with Gasteiger partial charge in [0.25, 0.3) is 0 Å². The number of pyridine rings is 1. The minimum Gasteiger partial charge on any atom is -0.334 e. The van der Waals surface area contributed by atoms with Gasteiger partial charge in [0.15, 0.2) is 0 Å². The van der Waals surface area contributed by atoms with Crippen LogP contribution in [0.15, 0.2) is 24.4 Å². The van der Waals surface area contributed by atoms with Gasteiger partial charge in [-0.3, -0.25) is 10.9 Å². The first-order valence-electron chi connectivity index (χ1n) is 5.49. The summed E-state index contributed by atoms with van der Waals surface area (Å²) in [7, 11) is 0. The number of anilines is 1. The summed E-state index contributed by atoms with van der Waals surface area (Å²) >= 11 is 0. The second-order valence-electron chi connectivity index (χ2n) is 4.06. The van der Waals surface area contributed by atoms with Crippen molar-refractivity contribution in [3.05, 3.63) is 24.4 Å². The van der Waals surface area contributed by atoms with Crippen molar-refractivity contribution < 1.29 is 4.79 Å². The monoisotopic (exact) mass is 220 g/mol. The molecule has 1 aromatic heterocycles. The van der Waals surface area contributed by atoms with Crippen molar-refractivity contribution in [1.29, 1.82) is 0 Å². The summed E-state index contributed by atoms with van der Waals surface area (Å²) in [6.07, 6.45) is 4.10. The third-order valence-electron chi connectivity index (χ3n) is 2.66. The molecule has 5 nitrogen and oxygen atoms in total. The highest BCUT2D eigenvalue weighted by molar-refractivity contribution is 5.75. The van der Waals surface area contributed by atoms with E-state index < -0.39 is 0 Å². The van der Waals surface area contributed by atoms with Gasteiger partial charge in [0.1, 0.15) is 5.82 Å². The van der Waals surface area contributed by atoms with E-state index in [1.54, 1.807) is 12.3 Å². The van der Waals surface area contributed by atoms with E-state index in [9.17, 15) is 4.79 Å². The number of carbonyl (C=O) groups is 1. The van der Waals surface area contributed by atoms with Crippen molar-refractivity contribution in [2.75, 3.05) is 5.43 Å². The van der Waals surface area contributed by atoms with E-state index in [1.165, 1.54) is 12.8 Å². The van der Waals surface area contributed by atoms with E-state index in [1.807, 2.05) is 19.1 Å². The molecule has 0 unspecified atom stereocenters. The number of amides is 2. The molecule has 0 aromatic carbocycles. The molecule has 1 saturated carbocycles. The van der Waals surface area contributed by atoms with E-state index in [0.29, 0.717) is 11.7 Å². The lowest BCUT2D eigenvalue weighted by Crippen LogP contribution is -2.44. The van der Waals surface area contributed by atoms with Gasteiger partial charge in [-0.25, -0.2) is 9.78 Å². The normalized spacial score (nSPS) is 16.3. The lowest BCUT2D eigenvalue weighted by molar-refractivity contribution is 0.238. The molecule has 0 saturated heterocycles. The molecule has 0 spiro atoms. The van der Waals surface area contributed by atoms with Crippen LogP contribution in [0.5, 0.6) is 0 Å². The third-order valence-corrected chi connectivity index (χ3v) is 2.66. The largest absolute Gasteiger partial charge is 0.334 e. The fourth-order valence-electron chi connectivity index (χ4n) is 1.51. The Bertz CT molecular complexity index is 350. The van der Waals surface area contributed by atoms with Gasteiger partial charge in [0, 0.05) is 12.2 Å². The molecule has 1 heterocycles. The van der Waals surface area contributed by atoms with Crippen LogP contribution in [0, 0.1) is 5.92 Å². The van der Waals surface area contributed by atoms with Crippen molar-refractivity contribution in [2.45, 2.75) is 25.8 Å². The highest BCUT2D eigenvalue weighted by Crippen LogP contribution is 2.32. The first kappa shape index (κ1) is 10.7. The Balaban J connectivity index is 1.71. The summed E-state index contributed by atoms with van der Waals surface area (Å²) in [4.78, 5) is 15.5. The standard InChI is InChI=1S/C11H16N4O/c1-8(9-5-6-9)13-11(16)15-14-10-4-2-3-7-12-10/h2-4,7-9H,5-6H2,1H3,(H,12,14)(H2,13,15,16)/t8-/m1/s1. The topological polar surface area (TPSA) is 66.1 Å². The minimum absolute atomic E-state index is 0.218. The van der Waals surface area contributed by atoms with Gasteiger partial charge in [0.2, 0.25) is 0 Å². The van der Waals surface area contributed by atoms with Crippen molar-refractivity contribution in [3.8, 4) is 0 Å². The predicted octanol–water partition coefficient (Wildman–Crippen LogP) is 1.51. The van der Waals surface area contributed by atoms with Crippen LogP contribution in [-0.2, 0) is 0 Å². The van der Waals surface area contributed by atoms with Gasteiger partial charge < -0.3 is 5.32 Å². The first-order chi connectivity index (χ1) is 7.75. The zero-order chi connectivity index (χ0) is 11.4. The van der Waals surface area contributed by atoms with E-state index in [-0.39, 0.29) is 12.1 Å². The average Bonchev–Trinajstić information content (AvgIpc) is 3.11. The number of aromatic nitrogens is 1. The zero-order valence-electron chi connectivity index (χ0n) is 9.23. The summed E-state index contributed by atoms with van der Waals surface area (Å²) in [5.74, 6) is 1.28. The van der Waals surface area contributed by atoms with Crippen molar-refractivity contribution in [2.24, 2.45) is 5.92 Å². The summed E-state index contributed by atoms with van der Waals surface area (Å²) < 4.78 is 0. The third kappa shape index (κ3) is 3.12. The molecule has 1 atom stereocenters. The molecule has 3 N–H and O–H groups in total. The SMILES string of the molecule is C[C@@H](NC(=O)NNc1ccccn1)C1CC1. The van der Waals surface area contributed by atoms with Crippen molar-refractivity contribution >= 4 is 11.8 Å². The smallest absolute Gasteiger partial charge is 0.333 e. The summed E-state index contributed by atoms with van der Waals surface area (Å²) in [5.41, 5.74) is 5.29. The minimum atomic E-state index is -0.218. The Hall–Kier alpha value is -1.78. The Kier molecular flexibility index (Phi) is 3.24. The Morgan fingerprint density at radius 1 is 1.50 bits per heavy atom. The summed E-state index contributed by atoms with van der Waals surface area (Å²) in [6.45, 7) is 2.03. The van der Waals surface area contributed by atoms with Gasteiger partial charge in [0.05, 0.1) is 0 Å². The van der Waals surface area contributed by atoms with Crippen LogP contribution in [0.4, 0.5) is 10.6 Å². The van der Waals surface area contributed by atoms with Crippen molar-refractivity contribution in [1.82, 2.24) is 15.7 Å². The zero-order valence-corrected chi connectivity index (χ0v) is 9.23. The van der Waals surface area contributed by atoms with Crippen molar-refractivity contribution in [3.63, 3.8) is 0 Å². The van der Waals surface area contributed by atoms with Crippen LogP contribution >= 0.6 is 0 Å². The number of nitrogens with zero attached hydrogens (tertiary/aromatic N) is 1. The lowest BCUT2D eigenvalue weighted by Gasteiger charge is -2.14. The number of hydrogen-bond acceptors (Lipinski definition) is 3. The highest BCUT2D eigenvalue weighted by atomic mass is 16.2. The Morgan fingerprint density at radius 3 is 2.94 bits per heavy atom. The second-order valence-corrected chi connectivity index (χ2v) is 4.06. The van der Waals surface area contributed by atoms with Crippen LogP contribution in [-0.4, -0.2) is 17.1 Å². The van der Waals surface area contributed by atoms with E-state index in [4.69, 9.17) is 0 Å². The summed E-state index contributed by atoms with van der Waals surface area (Å²) in [6, 6.07) is 5.47. The first-order valence-corrected chi connectivity index (χ1v) is 5.49. The van der Waals surface area contributed by atoms with Gasteiger partial charge in [-0.1, -0.05) is 6.07 Å². The molecule has 1 aliphatic rings. The molecule has 1 fully saturated rings. The number of carbonyl (C=O) groups excluding carboxylic acids is 1. The molecule has 0 aliphatic heterocycles. The molecule has 5 heteroatoms. The molecule has 2 amide bonds. The van der Waals surface area contributed by atoms with Gasteiger partial charge in [-0.2, -0.15) is 0 Å². The van der Waals surface area contributed by atoms with Gasteiger partial charge in [-0.05, 0) is 37.8 Å². The predicted molar refractivity (Wildman–Crippen MR) is 61.7 cm³/mol. The molecular weight excluding hydrogens is 204 g/mol. The molecule has 2 rings (SSSR count). The molecular formula is C11H16N4O. The van der Waals surface area contributed by atoms with Crippen LogP contribution in [0.1, 0.15) is 19.8 Å². The van der Waals surface area contributed by atoms with E-state index >= 15 is 0 Å². The van der Waals surface area contributed by atoms with Crippen LogP contribution in [0.25, 0.3) is 0 Å². The number of hydrogen-bond donors (Lipinski definition) is 3. The molecule has 0 radical (unpaired) electrons. The maximum Gasteiger partial charge on any atom is 0.333 e. The fourth-order valence-corrected chi connectivity index (χ4v) is 1.51. The molecule has 0 bridgehead atoms. The van der Waals surface area contributed by atoms with Gasteiger partial charge >= 0.3 is 6.03 Å². The molecule has 1 aliphatic carbocycles. The lowest BCUT2D eigenvalue weighted by atomic mass is 10.2. The second kappa shape index (κ2) is 4.83. The number of rotatable bonds is 4. The Labute approximate surface area is 94.6 Å². The maximum absolute atomic E-state index is 11.4. The van der Waals surface area contributed by atoms with Crippen LogP contribution < -0.4 is 16.2 Å². The van der Waals surface area contributed by atoms with Gasteiger partial charge in [-0.15, -0.1) is 0 Å². The van der Waals surface area contributed by atoms with E-state index in [2.05, 4.69) is 21.2 Å². The quantitative estimate of drug-likeness (QED) is 0.674. The molecule has 1 aromatic rings. The number of hydrazine groups is 1. The molecule has 16 heavy (non-hydrogen) atoms. The maximum atomic E-state index is 11.4. The highest BCUT2D eigenvalue weighted by Gasteiger charge is 2.28. The summed E-state index contributed by atoms with van der Waals surface area (Å²) in [5, 5.41) is 2.87. The average molecular weight is 220 g/mol. The molecule has 86 valence electrons. The number of urea groups is 1. The Morgan fingerprint density at radius 2 is 2.31 bits per heavy atom. The van der Waals surface area contributed by atoms with Crippen LogP contribution in [0.3, 0.4) is 0 Å². The fraction of sp³-hybridized carbons (Fsp3) is 0.455.